The Bertz CT molecular complexity index is 639. The number of carbonyl (C=O) groups excluding carboxylic acids is 2. The first kappa shape index (κ1) is 18.7. The van der Waals surface area contributed by atoms with E-state index in [9.17, 15) is 9.59 Å². The van der Waals surface area contributed by atoms with Crippen LogP contribution in [0.15, 0.2) is 30.3 Å². The van der Waals surface area contributed by atoms with Crippen molar-refractivity contribution < 1.29 is 14.3 Å². The van der Waals surface area contributed by atoms with E-state index in [0.29, 0.717) is 19.6 Å². The molecule has 3 rings (SSSR count). The Kier molecular flexibility index (Phi) is 5.51. The van der Waals surface area contributed by atoms with Crippen LogP contribution in [0.5, 0.6) is 0 Å². The Hall–Kier alpha value is -2.08. The SMILES string of the molecule is CC(CN1CC2(CCN(CC(=O)N(C)C)CC2)OC1=O)c1ccccc1. The summed E-state index contributed by atoms with van der Waals surface area (Å²) in [5.41, 5.74) is 0.851. The Morgan fingerprint density at radius 2 is 1.88 bits per heavy atom. The number of likely N-dealkylation sites (tertiary alicyclic amines) is 1. The molecule has 0 aliphatic carbocycles. The Labute approximate surface area is 155 Å². The summed E-state index contributed by atoms with van der Waals surface area (Å²) in [5, 5.41) is 0. The maximum Gasteiger partial charge on any atom is 0.410 e. The zero-order valence-electron chi connectivity index (χ0n) is 16.0. The van der Waals surface area contributed by atoms with Crippen LogP contribution in [0.1, 0.15) is 31.2 Å². The fourth-order valence-corrected chi connectivity index (χ4v) is 3.76. The predicted octanol–water partition coefficient (Wildman–Crippen LogP) is 2.17. The number of nitrogens with zero attached hydrogens (tertiary/aromatic N) is 3. The molecule has 0 radical (unpaired) electrons. The van der Waals surface area contributed by atoms with Gasteiger partial charge in [0.25, 0.3) is 0 Å². The fraction of sp³-hybridized carbons (Fsp3) is 0.600. The van der Waals surface area contributed by atoms with Crippen LogP contribution in [-0.4, -0.2) is 79.1 Å². The van der Waals surface area contributed by atoms with Gasteiger partial charge in [0.2, 0.25) is 5.91 Å². The molecule has 0 aromatic heterocycles. The van der Waals surface area contributed by atoms with Gasteiger partial charge in [-0.3, -0.25) is 9.69 Å². The molecule has 1 spiro atoms. The maximum absolute atomic E-state index is 12.4. The standard InChI is InChI=1S/C20H29N3O3/c1-16(17-7-5-4-6-8-17)13-23-15-20(26-19(23)25)9-11-22(12-10-20)14-18(24)21(2)3/h4-8,16H,9-15H2,1-3H3. The topological polar surface area (TPSA) is 53.1 Å². The van der Waals surface area contributed by atoms with Crippen LogP contribution >= 0.6 is 0 Å². The normalized spacial score (nSPS) is 20.9. The zero-order chi connectivity index (χ0) is 18.7. The van der Waals surface area contributed by atoms with Gasteiger partial charge in [-0.05, 0) is 11.5 Å². The minimum atomic E-state index is -0.384. The summed E-state index contributed by atoms with van der Waals surface area (Å²) >= 11 is 0. The van der Waals surface area contributed by atoms with E-state index in [1.54, 1.807) is 19.0 Å². The van der Waals surface area contributed by atoms with Crippen molar-refractivity contribution in [2.75, 3.05) is 46.8 Å². The van der Waals surface area contributed by atoms with Crippen molar-refractivity contribution in [2.45, 2.75) is 31.3 Å². The summed E-state index contributed by atoms with van der Waals surface area (Å²) in [7, 11) is 3.55. The maximum atomic E-state index is 12.4. The van der Waals surface area contributed by atoms with Gasteiger partial charge in [0.15, 0.2) is 0 Å². The molecule has 0 N–H and O–H groups in total. The third-order valence-corrected chi connectivity index (χ3v) is 5.53. The summed E-state index contributed by atoms with van der Waals surface area (Å²) in [6, 6.07) is 10.3. The summed E-state index contributed by atoms with van der Waals surface area (Å²) in [5.74, 6) is 0.388. The Balaban J connectivity index is 1.54. The second kappa shape index (κ2) is 7.66. The third kappa shape index (κ3) is 4.18. The van der Waals surface area contributed by atoms with E-state index in [1.165, 1.54) is 5.56 Å². The molecule has 1 unspecified atom stereocenters. The molecule has 6 nitrogen and oxygen atoms in total. The lowest BCUT2D eigenvalue weighted by atomic mass is 9.91. The largest absolute Gasteiger partial charge is 0.441 e. The van der Waals surface area contributed by atoms with Crippen LogP contribution in [-0.2, 0) is 9.53 Å². The zero-order valence-corrected chi connectivity index (χ0v) is 16.0. The van der Waals surface area contributed by atoms with Crippen molar-refractivity contribution >= 4 is 12.0 Å². The molecule has 1 atom stereocenters. The second-order valence-electron chi connectivity index (χ2n) is 7.81. The highest BCUT2D eigenvalue weighted by atomic mass is 16.6. The van der Waals surface area contributed by atoms with Crippen molar-refractivity contribution in [3.05, 3.63) is 35.9 Å². The van der Waals surface area contributed by atoms with Gasteiger partial charge in [-0.2, -0.15) is 0 Å². The van der Waals surface area contributed by atoms with Gasteiger partial charge in [0.05, 0.1) is 13.1 Å². The highest BCUT2D eigenvalue weighted by molar-refractivity contribution is 5.77. The molecule has 0 bridgehead atoms. The lowest BCUT2D eigenvalue weighted by Crippen LogP contribution is -2.49. The number of amides is 2. The number of ether oxygens (including phenoxy) is 1. The highest BCUT2D eigenvalue weighted by Crippen LogP contribution is 2.34. The van der Waals surface area contributed by atoms with E-state index >= 15 is 0 Å². The van der Waals surface area contributed by atoms with Crippen molar-refractivity contribution in [3.63, 3.8) is 0 Å². The van der Waals surface area contributed by atoms with E-state index in [4.69, 9.17) is 4.74 Å². The second-order valence-corrected chi connectivity index (χ2v) is 7.81. The van der Waals surface area contributed by atoms with Crippen molar-refractivity contribution in [2.24, 2.45) is 0 Å². The summed E-state index contributed by atoms with van der Waals surface area (Å²) in [6.07, 6.45) is 1.37. The Morgan fingerprint density at radius 3 is 2.50 bits per heavy atom. The molecule has 0 saturated carbocycles. The summed E-state index contributed by atoms with van der Waals surface area (Å²) in [4.78, 5) is 29.9. The number of piperidine rings is 1. The van der Waals surface area contributed by atoms with E-state index < -0.39 is 0 Å². The van der Waals surface area contributed by atoms with Crippen LogP contribution in [0.2, 0.25) is 0 Å². The first-order valence-electron chi connectivity index (χ1n) is 9.34. The molecular formula is C20H29N3O3. The average Bonchev–Trinajstić information content (AvgIpc) is 2.93. The molecule has 1 aromatic rings. The van der Waals surface area contributed by atoms with Crippen LogP contribution < -0.4 is 0 Å². The molecule has 1 aromatic carbocycles. The molecule has 2 amide bonds. The van der Waals surface area contributed by atoms with Crippen LogP contribution in [0, 0.1) is 0 Å². The van der Waals surface area contributed by atoms with E-state index in [1.807, 2.05) is 23.1 Å². The number of benzene rings is 1. The number of rotatable bonds is 5. The van der Waals surface area contributed by atoms with Gasteiger partial charge in [-0.25, -0.2) is 4.79 Å². The van der Waals surface area contributed by atoms with Gasteiger partial charge in [-0.15, -0.1) is 0 Å². The van der Waals surface area contributed by atoms with Crippen LogP contribution in [0.4, 0.5) is 4.79 Å². The molecule has 142 valence electrons. The lowest BCUT2D eigenvalue weighted by Gasteiger charge is -2.37. The molecule has 2 saturated heterocycles. The van der Waals surface area contributed by atoms with Crippen molar-refractivity contribution in [3.8, 4) is 0 Å². The first-order valence-corrected chi connectivity index (χ1v) is 9.34. The minimum Gasteiger partial charge on any atom is -0.441 e. The molecule has 6 heteroatoms. The van der Waals surface area contributed by atoms with Gasteiger partial charge in [0.1, 0.15) is 5.60 Å². The summed E-state index contributed by atoms with van der Waals surface area (Å²) in [6.45, 7) is 5.48. The Morgan fingerprint density at radius 1 is 1.23 bits per heavy atom. The van der Waals surface area contributed by atoms with Gasteiger partial charge < -0.3 is 14.5 Å². The molecule has 2 heterocycles. The summed E-state index contributed by atoms with van der Waals surface area (Å²) < 4.78 is 5.80. The van der Waals surface area contributed by atoms with Gasteiger partial charge in [0, 0.05) is 46.6 Å². The molecule has 2 aliphatic rings. The highest BCUT2D eigenvalue weighted by Gasteiger charge is 2.47. The van der Waals surface area contributed by atoms with Gasteiger partial charge in [-0.1, -0.05) is 37.3 Å². The number of hydrogen-bond donors (Lipinski definition) is 0. The number of likely N-dealkylation sites (N-methyl/N-ethyl adjacent to an activating group) is 1. The quantitative estimate of drug-likeness (QED) is 0.808. The molecule has 2 aliphatic heterocycles. The van der Waals surface area contributed by atoms with E-state index in [-0.39, 0.29) is 23.5 Å². The number of carbonyl (C=O) groups is 2. The van der Waals surface area contributed by atoms with Crippen LogP contribution in [0.25, 0.3) is 0 Å². The van der Waals surface area contributed by atoms with Crippen LogP contribution in [0.3, 0.4) is 0 Å². The fourth-order valence-electron chi connectivity index (χ4n) is 3.76. The van der Waals surface area contributed by atoms with Crippen molar-refractivity contribution in [1.29, 1.82) is 0 Å². The molecule has 2 fully saturated rings. The van der Waals surface area contributed by atoms with E-state index in [0.717, 1.165) is 25.9 Å². The first-order chi connectivity index (χ1) is 12.4. The molecular weight excluding hydrogens is 330 g/mol. The lowest BCUT2D eigenvalue weighted by molar-refractivity contribution is -0.130. The number of hydrogen-bond acceptors (Lipinski definition) is 4. The van der Waals surface area contributed by atoms with Gasteiger partial charge >= 0.3 is 6.09 Å². The monoisotopic (exact) mass is 359 g/mol. The minimum absolute atomic E-state index is 0.114. The molecule has 26 heavy (non-hydrogen) atoms. The average molecular weight is 359 g/mol. The predicted molar refractivity (Wildman–Crippen MR) is 100 cm³/mol. The van der Waals surface area contributed by atoms with Crippen molar-refractivity contribution in [1.82, 2.24) is 14.7 Å². The smallest absolute Gasteiger partial charge is 0.410 e. The van der Waals surface area contributed by atoms with E-state index in [2.05, 4.69) is 24.0 Å². The third-order valence-electron chi connectivity index (χ3n) is 5.53.